The van der Waals surface area contributed by atoms with Crippen LogP contribution in [0.1, 0.15) is 19.4 Å². The summed E-state index contributed by atoms with van der Waals surface area (Å²) < 4.78 is 5.33. The Labute approximate surface area is 178 Å². The zero-order chi connectivity index (χ0) is 21.4. The lowest BCUT2D eigenvalue weighted by Gasteiger charge is -2.22. The van der Waals surface area contributed by atoms with Crippen LogP contribution >= 0.6 is 23.2 Å². The first kappa shape index (κ1) is 22.4. The number of amides is 1. The van der Waals surface area contributed by atoms with Crippen molar-refractivity contribution >= 4 is 46.7 Å². The highest BCUT2D eigenvalue weighted by atomic mass is 35.5. The monoisotopic (exact) mass is 438 g/mol. The van der Waals surface area contributed by atoms with Crippen molar-refractivity contribution in [2.75, 3.05) is 24.6 Å². The summed E-state index contributed by atoms with van der Waals surface area (Å²) in [6, 6.07) is 9.17. The van der Waals surface area contributed by atoms with E-state index in [2.05, 4.69) is 10.5 Å². The molecule has 0 unspecified atom stereocenters. The Balaban J connectivity index is 2.06. The van der Waals surface area contributed by atoms with Crippen LogP contribution in [-0.4, -0.2) is 36.7 Å². The molecule has 0 radical (unpaired) electrons. The molecule has 154 valence electrons. The van der Waals surface area contributed by atoms with Crippen LogP contribution in [-0.2, 0) is 4.79 Å². The van der Waals surface area contributed by atoms with E-state index in [9.17, 15) is 14.9 Å². The van der Waals surface area contributed by atoms with Crippen molar-refractivity contribution in [3.8, 4) is 5.75 Å². The van der Waals surface area contributed by atoms with Gasteiger partial charge in [0.25, 0.3) is 11.6 Å². The highest BCUT2D eigenvalue weighted by Crippen LogP contribution is 2.27. The maximum Gasteiger partial charge on any atom is 0.277 e. The molecular formula is C19H20Cl2N4O4. The number of rotatable bonds is 9. The van der Waals surface area contributed by atoms with Gasteiger partial charge < -0.3 is 9.64 Å². The molecule has 0 saturated carbocycles. The Kier molecular flexibility index (Phi) is 8.23. The average Bonchev–Trinajstić information content (AvgIpc) is 2.69. The number of carbonyl (C=O) groups is 1. The quantitative estimate of drug-likeness (QED) is 0.358. The molecular weight excluding hydrogens is 419 g/mol. The van der Waals surface area contributed by atoms with Crippen molar-refractivity contribution in [3.63, 3.8) is 0 Å². The number of hydrazone groups is 1. The number of non-ortho nitro benzene ring substituents is 1. The molecule has 29 heavy (non-hydrogen) atoms. The average molecular weight is 439 g/mol. The number of hydrogen-bond donors (Lipinski definition) is 1. The first-order valence-corrected chi connectivity index (χ1v) is 9.54. The van der Waals surface area contributed by atoms with Gasteiger partial charge >= 0.3 is 0 Å². The molecule has 0 atom stereocenters. The fourth-order valence-corrected chi connectivity index (χ4v) is 3.02. The fourth-order valence-electron chi connectivity index (χ4n) is 2.55. The van der Waals surface area contributed by atoms with E-state index in [0.29, 0.717) is 16.3 Å². The van der Waals surface area contributed by atoms with Crippen LogP contribution in [0.3, 0.4) is 0 Å². The number of carbonyl (C=O) groups excluding carboxylic acids is 1. The summed E-state index contributed by atoms with van der Waals surface area (Å²) in [6.45, 7) is 5.09. The molecule has 1 amide bonds. The minimum Gasteiger partial charge on any atom is -0.482 e. The van der Waals surface area contributed by atoms with Gasteiger partial charge in [-0.25, -0.2) is 5.43 Å². The smallest absolute Gasteiger partial charge is 0.277 e. The third kappa shape index (κ3) is 6.33. The summed E-state index contributed by atoms with van der Waals surface area (Å²) in [4.78, 5) is 24.6. The minimum atomic E-state index is -0.512. The van der Waals surface area contributed by atoms with E-state index in [0.717, 1.165) is 18.8 Å². The lowest BCUT2D eigenvalue weighted by molar-refractivity contribution is -0.384. The maximum atomic E-state index is 12.0. The molecule has 0 aliphatic rings. The number of halogens is 2. The van der Waals surface area contributed by atoms with Crippen LogP contribution in [0.2, 0.25) is 10.0 Å². The number of nitro benzene ring substituents is 1. The van der Waals surface area contributed by atoms with Gasteiger partial charge in [-0.05, 0) is 38.1 Å². The summed E-state index contributed by atoms with van der Waals surface area (Å²) >= 11 is 11.8. The minimum absolute atomic E-state index is 0.0607. The number of hydrogen-bond acceptors (Lipinski definition) is 6. The molecule has 0 bridgehead atoms. The molecule has 2 aromatic rings. The molecule has 1 N–H and O–H groups in total. The normalized spacial score (nSPS) is 10.8. The zero-order valence-electron chi connectivity index (χ0n) is 15.9. The summed E-state index contributed by atoms with van der Waals surface area (Å²) in [6.07, 6.45) is 1.37. The number of nitrogens with one attached hydrogen (secondary N) is 1. The lowest BCUT2D eigenvalue weighted by Crippen LogP contribution is -2.25. The van der Waals surface area contributed by atoms with E-state index < -0.39 is 10.8 Å². The summed E-state index contributed by atoms with van der Waals surface area (Å²) in [5.74, 6) is -0.195. The van der Waals surface area contributed by atoms with Crippen molar-refractivity contribution < 1.29 is 14.5 Å². The Morgan fingerprint density at radius 2 is 1.97 bits per heavy atom. The molecule has 8 nitrogen and oxygen atoms in total. The Morgan fingerprint density at radius 1 is 1.24 bits per heavy atom. The topological polar surface area (TPSA) is 97.1 Å². The molecule has 2 aromatic carbocycles. The van der Waals surface area contributed by atoms with Gasteiger partial charge in [0.2, 0.25) is 0 Å². The number of nitrogens with zero attached hydrogens (tertiary/aromatic N) is 3. The number of ether oxygens (including phenoxy) is 1. The first-order chi connectivity index (χ1) is 13.8. The maximum absolute atomic E-state index is 12.0. The molecule has 0 spiro atoms. The van der Waals surface area contributed by atoms with Gasteiger partial charge in [-0.1, -0.05) is 23.2 Å². The Hall–Kier alpha value is -2.84. The molecule has 0 fully saturated rings. The third-order valence-electron chi connectivity index (χ3n) is 3.97. The van der Waals surface area contributed by atoms with Crippen LogP contribution in [0.5, 0.6) is 5.75 Å². The van der Waals surface area contributed by atoms with Crippen molar-refractivity contribution in [2.24, 2.45) is 5.10 Å². The Morgan fingerprint density at radius 3 is 2.59 bits per heavy atom. The van der Waals surface area contributed by atoms with Crippen molar-refractivity contribution in [3.05, 3.63) is 62.1 Å². The largest absolute Gasteiger partial charge is 0.482 e. The van der Waals surface area contributed by atoms with Gasteiger partial charge in [0.1, 0.15) is 5.75 Å². The summed E-state index contributed by atoms with van der Waals surface area (Å²) in [5.41, 5.74) is 3.57. The van der Waals surface area contributed by atoms with Crippen molar-refractivity contribution in [2.45, 2.75) is 13.8 Å². The van der Waals surface area contributed by atoms with E-state index in [1.807, 2.05) is 18.7 Å². The van der Waals surface area contributed by atoms with E-state index in [-0.39, 0.29) is 17.3 Å². The highest BCUT2D eigenvalue weighted by Gasteiger charge is 2.13. The SMILES string of the molecule is CCN(CC)c1ccc([N+](=O)[O-])cc1/C=N\NC(=O)COc1ccc(Cl)cc1Cl. The third-order valence-corrected chi connectivity index (χ3v) is 4.50. The van der Waals surface area contributed by atoms with E-state index in [1.54, 1.807) is 18.2 Å². The van der Waals surface area contributed by atoms with Gasteiger partial charge in [-0.3, -0.25) is 14.9 Å². The van der Waals surface area contributed by atoms with E-state index >= 15 is 0 Å². The van der Waals surface area contributed by atoms with Crippen molar-refractivity contribution in [1.29, 1.82) is 0 Å². The van der Waals surface area contributed by atoms with Gasteiger partial charge in [-0.15, -0.1) is 0 Å². The van der Waals surface area contributed by atoms with Crippen LogP contribution in [0.15, 0.2) is 41.5 Å². The fraction of sp³-hybridized carbons (Fsp3) is 0.263. The molecule has 0 aliphatic heterocycles. The lowest BCUT2D eigenvalue weighted by atomic mass is 10.1. The highest BCUT2D eigenvalue weighted by molar-refractivity contribution is 6.35. The molecule has 10 heteroatoms. The van der Waals surface area contributed by atoms with Crippen LogP contribution in [0.4, 0.5) is 11.4 Å². The number of nitro groups is 1. The van der Waals surface area contributed by atoms with Gasteiger partial charge in [0, 0.05) is 41.5 Å². The predicted molar refractivity (Wildman–Crippen MR) is 114 cm³/mol. The Bertz CT molecular complexity index is 917. The number of anilines is 1. The van der Waals surface area contributed by atoms with Crippen molar-refractivity contribution in [1.82, 2.24) is 5.43 Å². The second kappa shape index (κ2) is 10.6. The summed E-state index contributed by atoms with van der Waals surface area (Å²) in [5, 5.41) is 15.7. The van der Waals surface area contributed by atoms with E-state index in [1.165, 1.54) is 24.4 Å². The van der Waals surface area contributed by atoms with Gasteiger partial charge in [0.05, 0.1) is 16.2 Å². The van der Waals surface area contributed by atoms with Crippen LogP contribution in [0, 0.1) is 10.1 Å². The second-order valence-electron chi connectivity index (χ2n) is 5.83. The molecule has 0 aliphatic carbocycles. The second-order valence-corrected chi connectivity index (χ2v) is 6.67. The van der Waals surface area contributed by atoms with E-state index in [4.69, 9.17) is 27.9 Å². The van der Waals surface area contributed by atoms with Crippen LogP contribution < -0.4 is 15.1 Å². The molecule has 0 heterocycles. The summed E-state index contributed by atoms with van der Waals surface area (Å²) in [7, 11) is 0. The van der Waals surface area contributed by atoms with Gasteiger partial charge in [-0.2, -0.15) is 5.10 Å². The van der Waals surface area contributed by atoms with Gasteiger partial charge in [0.15, 0.2) is 6.61 Å². The zero-order valence-corrected chi connectivity index (χ0v) is 17.4. The predicted octanol–water partition coefficient (Wildman–Crippen LogP) is 4.28. The molecule has 0 aromatic heterocycles. The first-order valence-electron chi connectivity index (χ1n) is 8.78. The standard InChI is InChI=1S/C19H20Cl2N4O4/c1-3-24(4-2)17-7-6-15(25(27)28)9-13(17)11-22-23-19(26)12-29-18-8-5-14(20)10-16(18)21/h5-11H,3-4,12H2,1-2H3,(H,23,26)/b22-11-. The number of benzene rings is 2. The molecule has 0 saturated heterocycles. The molecule has 2 rings (SSSR count). The van der Waals surface area contributed by atoms with Crippen LogP contribution in [0.25, 0.3) is 0 Å².